The van der Waals surface area contributed by atoms with Crippen molar-refractivity contribution in [2.75, 3.05) is 16.8 Å². The minimum atomic E-state index is -0.941. The molecule has 5 aromatic rings. The van der Waals surface area contributed by atoms with Crippen LogP contribution in [0, 0.1) is 13.8 Å². The number of anilines is 2. The Bertz CT molecular complexity index is 1760. The maximum Gasteiger partial charge on any atom is 0.353 e. The van der Waals surface area contributed by atoms with Crippen molar-refractivity contribution in [3.8, 4) is 0 Å². The summed E-state index contributed by atoms with van der Waals surface area (Å²) in [6, 6.07) is 30.8. The van der Waals surface area contributed by atoms with Crippen molar-refractivity contribution in [3.05, 3.63) is 141 Å². The number of amides is 1. The Labute approximate surface area is 244 Å². The van der Waals surface area contributed by atoms with Gasteiger partial charge in [0.25, 0.3) is 5.91 Å². The number of nitrogens with zero attached hydrogens (tertiary/aromatic N) is 1. The molecule has 1 amide bonds. The van der Waals surface area contributed by atoms with E-state index in [0.29, 0.717) is 22.2 Å². The van der Waals surface area contributed by atoms with Crippen LogP contribution in [0.3, 0.4) is 0 Å². The summed E-state index contributed by atoms with van der Waals surface area (Å²) in [7, 11) is 0. The van der Waals surface area contributed by atoms with Crippen LogP contribution in [0.2, 0.25) is 0 Å². The zero-order chi connectivity index (χ0) is 29.6. The molecule has 1 unspecified atom stereocenters. The zero-order valence-corrected chi connectivity index (χ0v) is 23.8. The number of rotatable bonds is 9. The first-order chi connectivity index (χ1) is 20.4. The van der Waals surface area contributed by atoms with Gasteiger partial charge in [-0.2, -0.15) is 0 Å². The van der Waals surface area contributed by atoms with Crippen LogP contribution in [0.25, 0.3) is 11.0 Å². The van der Waals surface area contributed by atoms with Gasteiger partial charge in [0.1, 0.15) is 11.6 Å². The molecule has 5 rings (SSSR count). The second-order valence-corrected chi connectivity index (χ2v) is 10.0. The molecule has 42 heavy (non-hydrogen) atoms. The van der Waals surface area contributed by atoms with E-state index < -0.39 is 17.6 Å². The van der Waals surface area contributed by atoms with Gasteiger partial charge < -0.3 is 19.4 Å². The van der Waals surface area contributed by atoms with Crippen molar-refractivity contribution in [1.82, 2.24) is 0 Å². The van der Waals surface area contributed by atoms with Gasteiger partial charge in [-0.3, -0.25) is 4.79 Å². The number of fused-ring (bicyclic) bond motifs is 1. The van der Waals surface area contributed by atoms with Gasteiger partial charge in [0.05, 0.1) is 12.3 Å². The summed E-state index contributed by atoms with van der Waals surface area (Å²) in [5.74, 6) is -1.13. The molecule has 0 aliphatic rings. The highest BCUT2D eigenvalue weighted by Gasteiger charge is 2.35. The Morgan fingerprint density at radius 2 is 1.45 bits per heavy atom. The van der Waals surface area contributed by atoms with Crippen LogP contribution in [0.15, 0.2) is 112 Å². The molecular weight excluding hydrogens is 528 g/mol. The fraction of sp³-hybridized carbons (Fsp3) is 0.171. The molecule has 0 saturated heterocycles. The third-order valence-electron chi connectivity index (χ3n) is 7.15. The van der Waals surface area contributed by atoms with Crippen molar-refractivity contribution in [2.45, 2.75) is 33.4 Å². The number of carbonyl (C=O) groups is 2. The first-order valence-electron chi connectivity index (χ1n) is 13.8. The topological polar surface area (TPSA) is 88.8 Å². The Hall–Kier alpha value is -5.17. The van der Waals surface area contributed by atoms with E-state index in [4.69, 9.17) is 9.15 Å². The van der Waals surface area contributed by atoms with E-state index in [1.165, 1.54) is 0 Å². The molecule has 0 saturated carbocycles. The number of para-hydroxylation sites is 2. The van der Waals surface area contributed by atoms with Crippen molar-refractivity contribution in [3.63, 3.8) is 0 Å². The normalized spacial score (nSPS) is 11.6. The van der Waals surface area contributed by atoms with Crippen LogP contribution in [0.4, 0.5) is 11.4 Å². The fourth-order valence-electron chi connectivity index (χ4n) is 5.21. The van der Waals surface area contributed by atoms with Crippen LogP contribution >= 0.6 is 0 Å². The van der Waals surface area contributed by atoms with E-state index in [0.717, 1.165) is 16.7 Å². The Balaban J connectivity index is 1.80. The van der Waals surface area contributed by atoms with E-state index in [9.17, 15) is 14.4 Å². The summed E-state index contributed by atoms with van der Waals surface area (Å²) in [5, 5.41) is 3.66. The summed E-state index contributed by atoms with van der Waals surface area (Å²) in [5.41, 5.74) is 3.60. The minimum absolute atomic E-state index is 0.0678. The molecule has 4 aromatic carbocycles. The van der Waals surface area contributed by atoms with Crippen LogP contribution in [-0.4, -0.2) is 18.5 Å². The molecule has 1 N–H and O–H groups in total. The third kappa shape index (κ3) is 5.81. The average Bonchev–Trinajstić information content (AvgIpc) is 2.99. The maximum atomic E-state index is 14.5. The van der Waals surface area contributed by atoms with E-state index in [1.54, 1.807) is 36.1 Å². The summed E-state index contributed by atoms with van der Waals surface area (Å²) in [4.78, 5) is 43.1. The van der Waals surface area contributed by atoms with Crippen LogP contribution < -0.4 is 15.8 Å². The largest absolute Gasteiger partial charge is 0.462 e. The molecule has 0 spiro atoms. The first-order valence-corrected chi connectivity index (χ1v) is 13.8. The molecule has 0 fully saturated rings. The van der Waals surface area contributed by atoms with E-state index in [-0.39, 0.29) is 30.3 Å². The van der Waals surface area contributed by atoms with Gasteiger partial charge >= 0.3 is 11.6 Å². The highest BCUT2D eigenvalue weighted by atomic mass is 16.5. The quantitative estimate of drug-likeness (QED) is 0.155. The van der Waals surface area contributed by atoms with Crippen molar-refractivity contribution >= 4 is 34.2 Å². The van der Waals surface area contributed by atoms with E-state index in [2.05, 4.69) is 5.32 Å². The lowest BCUT2D eigenvalue weighted by Crippen LogP contribution is -2.39. The number of hydrogen-bond donors (Lipinski definition) is 1. The van der Waals surface area contributed by atoms with Crippen molar-refractivity contribution in [2.24, 2.45) is 0 Å². The molecule has 0 radical (unpaired) electrons. The van der Waals surface area contributed by atoms with Gasteiger partial charge in [-0.05, 0) is 55.2 Å². The molecule has 7 nitrogen and oxygen atoms in total. The van der Waals surface area contributed by atoms with Crippen LogP contribution in [0.5, 0.6) is 0 Å². The Morgan fingerprint density at radius 3 is 2.12 bits per heavy atom. The van der Waals surface area contributed by atoms with Gasteiger partial charge in [0.2, 0.25) is 0 Å². The predicted octanol–water partition coefficient (Wildman–Crippen LogP) is 6.97. The van der Waals surface area contributed by atoms with E-state index >= 15 is 0 Å². The smallest absolute Gasteiger partial charge is 0.353 e. The van der Waals surface area contributed by atoms with Gasteiger partial charge in [0, 0.05) is 17.6 Å². The lowest BCUT2D eigenvalue weighted by Gasteiger charge is -2.35. The molecule has 7 heteroatoms. The molecular formula is C35H32N2O5. The Morgan fingerprint density at radius 1 is 0.833 bits per heavy atom. The highest BCUT2D eigenvalue weighted by Crippen LogP contribution is 2.37. The van der Waals surface area contributed by atoms with Gasteiger partial charge in [-0.15, -0.1) is 0 Å². The second-order valence-electron chi connectivity index (χ2n) is 10.0. The molecule has 0 aliphatic carbocycles. The maximum absolute atomic E-state index is 14.5. The first kappa shape index (κ1) is 28.4. The van der Waals surface area contributed by atoms with Crippen LogP contribution in [-0.2, 0) is 16.1 Å². The van der Waals surface area contributed by atoms with Crippen molar-refractivity contribution in [1.29, 1.82) is 0 Å². The highest BCUT2D eigenvalue weighted by molar-refractivity contribution is 6.07. The van der Waals surface area contributed by atoms with Gasteiger partial charge in [-0.25, -0.2) is 9.59 Å². The molecule has 1 aromatic heterocycles. The molecule has 1 heterocycles. The summed E-state index contributed by atoms with van der Waals surface area (Å²) < 4.78 is 10.9. The number of aryl methyl sites for hydroxylation is 2. The Kier molecular flexibility index (Phi) is 8.48. The monoisotopic (exact) mass is 560 g/mol. The predicted molar refractivity (Wildman–Crippen MR) is 165 cm³/mol. The molecule has 0 bridgehead atoms. The lowest BCUT2D eigenvalue weighted by atomic mass is 9.99. The number of benzene rings is 4. The summed E-state index contributed by atoms with van der Waals surface area (Å²) in [6.07, 6.45) is 0. The van der Waals surface area contributed by atoms with E-state index in [1.807, 2.05) is 92.7 Å². The van der Waals surface area contributed by atoms with Gasteiger partial charge in [0.15, 0.2) is 5.56 Å². The SMILES string of the molecule is CCOC(=O)c1c(N(Cc2ccccc2)C(C(=O)Nc2c(C)cccc2C)c2ccccc2)c2ccccc2oc1=O. The summed E-state index contributed by atoms with van der Waals surface area (Å²) in [6.45, 7) is 5.83. The summed E-state index contributed by atoms with van der Waals surface area (Å²) >= 11 is 0. The molecule has 1 atom stereocenters. The zero-order valence-electron chi connectivity index (χ0n) is 23.8. The van der Waals surface area contributed by atoms with Crippen molar-refractivity contribution < 1.29 is 18.7 Å². The average molecular weight is 561 g/mol. The number of carbonyl (C=O) groups excluding carboxylic acids is 2. The lowest BCUT2D eigenvalue weighted by molar-refractivity contribution is -0.117. The minimum Gasteiger partial charge on any atom is -0.462 e. The fourth-order valence-corrected chi connectivity index (χ4v) is 5.21. The van der Waals surface area contributed by atoms with Crippen LogP contribution in [0.1, 0.15) is 45.6 Å². The number of ether oxygens (including phenoxy) is 1. The van der Waals surface area contributed by atoms with Gasteiger partial charge in [-0.1, -0.05) is 91.0 Å². The number of esters is 1. The molecule has 212 valence electrons. The molecule has 0 aliphatic heterocycles. The number of nitrogens with one attached hydrogen (secondary N) is 1. The standard InChI is InChI=1S/C35H32N2O5/c1-4-41-34(39)29-32(27-20-11-12-21-28(27)42-35(29)40)37(22-25-16-7-5-8-17-25)31(26-18-9-6-10-19-26)33(38)36-30-23(2)14-13-15-24(30)3/h5-21,31H,4,22H2,1-3H3,(H,36,38). The number of hydrogen-bond acceptors (Lipinski definition) is 6. The second kappa shape index (κ2) is 12.6. The third-order valence-corrected chi connectivity index (χ3v) is 7.15.